The number of likely N-dealkylation sites (tertiary alicyclic amines) is 1. The number of aldehydes is 1. The molecule has 2 aliphatic heterocycles. The molecule has 0 spiro atoms. The van der Waals surface area contributed by atoms with Crippen LogP contribution < -0.4 is 10.1 Å². The lowest BCUT2D eigenvalue weighted by Crippen LogP contribution is -2.30. The van der Waals surface area contributed by atoms with E-state index in [-0.39, 0.29) is 6.04 Å². The number of rotatable bonds is 8. The van der Waals surface area contributed by atoms with Gasteiger partial charge in [-0.15, -0.1) is 0 Å². The van der Waals surface area contributed by atoms with Gasteiger partial charge in [0.05, 0.1) is 6.04 Å². The summed E-state index contributed by atoms with van der Waals surface area (Å²) < 4.78 is 10.4. The van der Waals surface area contributed by atoms with E-state index in [1.165, 1.54) is 73.1 Å². The Morgan fingerprint density at radius 2 is 1.84 bits per heavy atom. The van der Waals surface area contributed by atoms with Crippen molar-refractivity contribution in [3.8, 4) is 5.75 Å². The minimum atomic E-state index is -0.109. The third-order valence-electron chi connectivity index (χ3n) is 7.78. The number of carbonyl (C=O) groups is 1. The molecule has 2 saturated heterocycles. The van der Waals surface area contributed by atoms with Crippen molar-refractivity contribution in [2.75, 3.05) is 45.7 Å². The van der Waals surface area contributed by atoms with Gasteiger partial charge in [-0.1, -0.05) is 12.5 Å². The average Bonchev–Trinajstić information content (AvgIpc) is 3.50. The van der Waals surface area contributed by atoms with Crippen molar-refractivity contribution in [2.24, 2.45) is 0 Å². The summed E-state index contributed by atoms with van der Waals surface area (Å²) in [6.07, 6.45) is 9.60. The maximum atomic E-state index is 11.1. The van der Waals surface area contributed by atoms with Crippen LogP contribution in [0.4, 0.5) is 5.69 Å². The normalized spacial score (nSPS) is 19.1. The fourth-order valence-electron chi connectivity index (χ4n) is 5.31. The van der Waals surface area contributed by atoms with E-state index in [2.05, 4.69) is 76.5 Å². The van der Waals surface area contributed by atoms with Crippen LogP contribution in [0.1, 0.15) is 56.2 Å². The number of carbonyl (C=O) groups excluding carboxylic acids is 1. The SMILES string of the molecule is CNc1cc(OCC2CCCN2C)ccc1C.Cc1cn(C(C)C=O)c2ccc(SN3CCCCC3)cc12. The quantitative estimate of drug-likeness (QED) is 0.255. The van der Waals surface area contributed by atoms with Gasteiger partial charge in [0.25, 0.3) is 0 Å². The third kappa shape index (κ3) is 7.13. The van der Waals surface area contributed by atoms with Crippen molar-refractivity contribution >= 4 is 34.8 Å². The summed E-state index contributed by atoms with van der Waals surface area (Å²) in [6, 6.07) is 13.3. The molecule has 2 atom stereocenters. The van der Waals surface area contributed by atoms with E-state index in [0.717, 1.165) is 29.8 Å². The molecule has 38 heavy (non-hydrogen) atoms. The molecule has 2 fully saturated rings. The molecule has 0 bridgehead atoms. The molecular formula is C31H44N4O2S. The molecule has 3 aromatic rings. The second-order valence-electron chi connectivity index (χ2n) is 10.7. The second-order valence-corrected chi connectivity index (χ2v) is 11.8. The molecular weight excluding hydrogens is 492 g/mol. The highest BCUT2D eigenvalue weighted by atomic mass is 32.2. The van der Waals surface area contributed by atoms with E-state index in [1.807, 2.05) is 32.0 Å². The molecule has 5 rings (SSSR count). The van der Waals surface area contributed by atoms with Gasteiger partial charge in [0, 0.05) is 59.9 Å². The van der Waals surface area contributed by atoms with Crippen LogP contribution in [-0.2, 0) is 4.79 Å². The first-order chi connectivity index (χ1) is 18.4. The molecule has 6 nitrogen and oxygen atoms in total. The van der Waals surface area contributed by atoms with Crippen molar-refractivity contribution in [3.05, 3.63) is 53.7 Å². The monoisotopic (exact) mass is 536 g/mol. The number of fused-ring (bicyclic) bond motifs is 1. The van der Waals surface area contributed by atoms with Crippen LogP contribution >= 0.6 is 11.9 Å². The third-order valence-corrected chi connectivity index (χ3v) is 8.87. The van der Waals surface area contributed by atoms with E-state index in [9.17, 15) is 4.79 Å². The summed E-state index contributed by atoms with van der Waals surface area (Å²) in [5.74, 6) is 0.959. The van der Waals surface area contributed by atoms with Crippen LogP contribution in [0.3, 0.4) is 0 Å². The molecule has 2 aromatic carbocycles. The molecule has 1 N–H and O–H groups in total. The second kappa shape index (κ2) is 13.5. The first-order valence-corrected chi connectivity index (χ1v) is 14.8. The number of hydrogen-bond acceptors (Lipinski definition) is 6. The van der Waals surface area contributed by atoms with Gasteiger partial charge in [0.15, 0.2) is 0 Å². The first kappa shape index (κ1) is 28.5. The standard InChI is InChI=1S/C17H22N2OS.C14H22N2O/c1-13-11-19(14(2)12-20)17-7-6-15(10-16(13)17)21-18-8-4-3-5-9-18;1-11-6-7-13(9-14(11)15-2)17-10-12-5-4-8-16(12)3/h6-7,10-12,14H,3-5,8-9H2,1-2H3;6-7,9,12,15H,4-5,8,10H2,1-3H3. The highest BCUT2D eigenvalue weighted by Crippen LogP contribution is 2.31. The van der Waals surface area contributed by atoms with Crippen molar-refractivity contribution in [1.29, 1.82) is 0 Å². The zero-order valence-corrected chi connectivity index (χ0v) is 24.5. The zero-order valence-electron chi connectivity index (χ0n) is 23.7. The summed E-state index contributed by atoms with van der Waals surface area (Å²) in [5, 5.41) is 4.44. The Hall–Kier alpha value is -2.48. The molecule has 0 saturated carbocycles. The number of anilines is 1. The topological polar surface area (TPSA) is 49.7 Å². The Labute approximate surface area is 232 Å². The smallest absolute Gasteiger partial charge is 0.142 e. The van der Waals surface area contributed by atoms with E-state index in [4.69, 9.17) is 4.74 Å². The lowest BCUT2D eigenvalue weighted by atomic mass is 10.2. The Bertz CT molecular complexity index is 1200. The number of aromatic nitrogens is 1. The first-order valence-electron chi connectivity index (χ1n) is 14.0. The van der Waals surface area contributed by atoms with Crippen molar-refractivity contribution in [2.45, 2.75) is 69.9 Å². The summed E-state index contributed by atoms with van der Waals surface area (Å²) in [4.78, 5) is 14.7. The predicted octanol–water partition coefficient (Wildman–Crippen LogP) is 6.71. The predicted molar refractivity (Wildman–Crippen MR) is 161 cm³/mol. The summed E-state index contributed by atoms with van der Waals surface area (Å²) in [5.41, 5.74) is 4.77. The Kier molecular flexibility index (Phi) is 10.2. The van der Waals surface area contributed by atoms with Crippen LogP contribution in [0, 0.1) is 13.8 Å². The highest BCUT2D eigenvalue weighted by Gasteiger charge is 2.21. The lowest BCUT2D eigenvalue weighted by Gasteiger charge is -2.25. The lowest BCUT2D eigenvalue weighted by molar-refractivity contribution is -0.110. The number of nitrogens with one attached hydrogen (secondary N) is 1. The Morgan fingerprint density at radius 3 is 2.53 bits per heavy atom. The van der Waals surface area contributed by atoms with Gasteiger partial charge in [-0.2, -0.15) is 0 Å². The van der Waals surface area contributed by atoms with E-state index >= 15 is 0 Å². The van der Waals surface area contributed by atoms with E-state index in [1.54, 1.807) is 0 Å². The molecule has 3 heterocycles. The molecule has 2 aliphatic rings. The minimum Gasteiger partial charge on any atom is -0.492 e. The van der Waals surface area contributed by atoms with Gasteiger partial charge >= 0.3 is 0 Å². The molecule has 0 amide bonds. The van der Waals surface area contributed by atoms with Gasteiger partial charge in [-0.3, -0.25) is 0 Å². The fraction of sp³-hybridized carbons (Fsp3) is 0.516. The maximum absolute atomic E-state index is 11.1. The van der Waals surface area contributed by atoms with Crippen molar-refractivity contribution in [1.82, 2.24) is 13.8 Å². The number of aryl methyl sites for hydroxylation is 2. The molecule has 2 unspecified atom stereocenters. The van der Waals surface area contributed by atoms with Gasteiger partial charge in [0.2, 0.25) is 0 Å². The van der Waals surface area contributed by atoms with Gasteiger partial charge in [-0.25, -0.2) is 4.31 Å². The van der Waals surface area contributed by atoms with E-state index < -0.39 is 0 Å². The number of ether oxygens (including phenoxy) is 1. The summed E-state index contributed by atoms with van der Waals surface area (Å²) in [6.45, 7) is 10.5. The zero-order chi connectivity index (χ0) is 27.1. The molecule has 0 radical (unpaired) electrons. The van der Waals surface area contributed by atoms with Crippen LogP contribution in [0.5, 0.6) is 5.75 Å². The number of benzene rings is 2. The average molecular weight is 537 g/mol. The number of nitrogens with zero attached hydrogens (tertiary/aromatic N) is 3. The van der Waals surface area contributed by atoms with Crippen molar-refractivity contribution in [3.63, 3.8) is 0 Å². The van der Waals surface area contributed by atoms with Crippen LogP contribution in [-0.4, -0.2) is 66.4 Å². The van der Waals surface area contributed by atoms with Gasteiger partial charge in [-0.05, 0) is 107 Å². The van der Waals surface area contributed by atoms with Crippen LogP contribution in [0.2, 0.25) is 0 Å². The van der Waals surface area contributed by atoms with Crippen molar-refractivity contribution < 1.29 is 9.53 Å². The minimum absolute atomic E-state index is 0.109. The summed E-state index contributed by atoms with van der Waals surface area (Å²) in [7, 11) is 4.12. The highest BCUT2D eigenvalue weighted by molar-refractivity contribution is 7.97. The Balaban J connectivity index is 0.000000181. The Morgan fingerprint density at radius 1 is 1.05 bits per heavy atom. The number of piperidine rings is 1. The van der Waals surface area contributed by atoms with Crippen LogP contribution in [0.25, 0.3) is 10.9 Å². The summed E-state index contributed by atoms with van der Waals surface area (Å²) >= 11 is 1.87. The van der Waals surface area contributed by atoms with Gasteiger partial charge < -0.3 is 24.3 Å². The number of likely N-dealkylation sites (N-methyl/N-ethyl adjacent to an activating group) is 1. The van der Waals surface area contributed by atoms with Crippen LogP contribution in [0.15, 0.2) is 47.5 Å². The van der Waals surface area contributed by atoms with Gasteiger partial charge in [0.1, 0.15) is 18.6 Å². The number of hydrogen-bond donors (Lipinski definition) is 1. The van der Waals surface area contributed by atoms with E-state index in [0.29, 0.717) is 6.04 Å². The largest absolute Gasteiger partial charge is 0.492 e. The molecule has 1 aromatic heterocycles. The maximum Gasteiger partial charge on any atom is 0.142 e. The molecule has 0 aliphatic carbocycles. The molecule has 206 valence electrons. The molecule has 7 heteroatoms. The fourth-order valence-corrected chi connectivity index (χ4v) is 6.35.